The number of hydrogen-bond acceptors (Lipinski definition) is 4. The number of hydrazone groups is 1. The minimum Gasteiger partial charge on any atom is -0.255 e. The highest BCUT2D eigenvalue weighted by atomic mass is 19.1. The third-order valence-electron chi connectivity index (χ3n) is 4.91. The molecule has 2 heterocycles. The summed E-state index contributed by atoms with van der Waals surface area (Å²) in [5, 5.41) is 25.7. The van der Waals surface area contributed by atoms with E-state index in [9.17, 15) is 14.9 Å². The van der Waals surface area contributed by atoms with Gasteiger partial charge >= 0.3 is 0 Å². The average Bonchev–Trinajstić information content (AvgIpc) is 2.97. The smallest absolute Gasteiger partial charge is 0.236 e. The number of benzene rings is 2. The van der Waals surface area contributed by atoms with Gasteiger partial charge in [-0.2, -0.15) is 15.6 Å². The summed E-state index contributed by atoms with van der Waals surface area (Å²) < 4.78 is 13.3. The third-order valence-corrected chi connectivity index (χ3v) is 4.91. The summed E-state index contributed by atoms with van der Waals surface area (Å²) >= 11 is 0. The van der Waals surface area contributed by atoms with E-state index in [0.717, 1.165) is 16.7 Å². The summed E-state index contributed by atoms with van der Waals surface area (Å²) in [4.78, 5) is 0. The van der Waals surface area contributed by atoms with Gasteiger partial charge in [-0.15, -0.1) is 0 Å². The first-order valence-corrected chi connectivity index (χ1v) is 7.70. The number of halogens is 1. The van der Waals surface area contributed by atoms with E-state index in [1.807, 2.05) is 24.3 Å². The van der Waals surface area contributed by atoms with Crippen molar-refractivity contribution in [1.29, 1.82) is 10.5 Å². The quantitative estimate of drug-likeness (QED) is 0.809. The molecule has 0 unspecified atom stereocenters. The lowest BCUT2D eigenvalue weighted by Gasteiger charge is -2.33. The maximum absolute atomic E-state index is 13.3. The molecule has 4 rings (SSSR count). The normalized spacial score (nSPS) is 23.0. The van der Waals surface area contributed by atoms with Crippen LogP contribution in [-0.4, -0.2) is 16.8 Å². The summed E-state index contributed by atoms with van der Waals surface area (Å²) in [6, 6.07) is 18.1. The highest BCUT2D eigenvalue weighted by Crippen LogP contribution is 2.52. The van der Waals surface area contributed by atoms with Crippen molar-refractivity contribution in [3.05, 3.63) is 71.0 Å². The minimum absolute atomic E-state index is 0.138. The fourth-order valence-electron chi connectivity index (χ4n) is 3.74. The van der Waals surface area contributed by atoms with Gasteiger partial charge in [0.1, 0.15) is 18.0 Å². The van der Waals surface area contributed by atoms with Gasteiger partial charge in [0, 0.05) is 5.92 Å². The molecule has 0 aliphatic carbocycles. The molecule has 0 saturated carbocycles. The Balaban J connectivity index is 1.86. The first-order chi connectivity index (χ1) is 11.7. The second-order valence-corrected chi connectivity index (χ2v) is 6.06. The zero-order chi connectivity index (χ0) is 16.7. The molecule has 116 valence electrons. The number of fused-ring (bicyclic) bond motifs is 3. The molecule has 5 heteroatoms. The van der Waals surface area contributed by atoms with E-state index >= 15 is 0 Å². The highest BCUT2D eigenvalue weighted by molar-refractivity contribution is 5.83. The number of nitrogens with zero attached hydrogens (tertiary/aromatic N) is 4. The van der Waals surface area contributed by atoms with Gasteiger partial charge in [-0.25, -0.2) is 4.39 Å². The monoisotopic (exact) mass is 316 g/mol. The standard InChI is InChI=1S/C19H13FN4/c20-15-7-5-13(6-8-15)17-9-18-16-4-2-1-3-14(16)10-23-24(18)19(17,11-21)12-22/h1-8,10,17-18H,9H2/t17-,18-/m1/s1. The van der Waals surface area contributed by atoms with Crippen molar-refractivity contribution in [2.75, 3.05) is 0 Å². The minimum atomic E-state index is -1.40. The van der Waals surface area contributed by atoms with Crippen LogP contribution in [0, 0.1) is 28.5 Å². The van der Waals surface area contributed by atoms with Gasteiger partial charge in [0.2, 0.25) is 5.54 Å². The van der Waals surface area contributed by atoms with Crippen molar-refractivity contribution in [1.82, 2.24) is 5.01 Å². The van der Waals surface area contributed by atoms with Crippen LogP contribution in [0.1, 0.15) is 35.1 Å². The van der Waals surface area contributed by atoms with Gasteiger partial charge in [0.05, 0.1) is 12.3 Å². The van der Waals surface area contributed by atoms with E-state index in [4.69, 9.17) is 0 Å². The van der Waals surface area contributed by atoms with E-state index in [1.54, 1.807) is 23.4 Å². The molecule has 4 nitrogen and oxygen atoms in total. The SMILES string of the molecule is N#CC1(C#N)[C@@H](c2ccc(F)cc2)C[C@@H]2c3ccccc3C=NN21. The zero-order valence-corrected chi connectivity index (χ0v) is 12.7. The molecule has 2 aliphatic heterocycles. The topological polar surface area (TPSA) is 63.2 Å². The molecule has 0 spiro atoms. The second kappa shape index (κ2) is 5.18. The Kier molecular flexibility index (Phi) is 3.11. The van der Waals surface area contributed by atoms with E-state index in [-0.39, 0.29) is 17.8 Å². The van der Waals surface area contributed by atoms with Gasteiger partial charge in [0.15, 0.2) is 0 Å². The Morgan fingerprint density at radius 1 is 1.08 bits per heavy atom. The van der Waals surface area contributed by atoms with Crippen LogP contribution in [0.15, 0.2) is 53.6 Å². The molecule has 2 atom stereocenters. The molecule has 0 N–H and O–H groups in total. The van der Waals surface area contributed by atoms with Gasteiger partial charge in [0.25, 0.3) is 0 Å². The van der Waals surface area contributed by atoms with E-state index in [1.165, 1.54) is 12.1 Å². The fourth-order valence-corrected chi connectivity index (χ4v) is 3.74. The zero-order valence-electron chi connectivity index (χ0n) is 12.7. The highest BCUT2D eigenvalue weighted by Gasteiger charge is 2.56. The molecular weight excluding hydrogens is 303 g/mol. The predicted octanol–water partition coefficient (Wildman–Crippen LogP) is 3.49. The van der Waals surface area contributed by atoms with E-state index in [2.05, 4.69) is 17.2 Å². The Bertz CT molecular complexity index is 890. The molecule has 0 amide bonds. The Hall–Kier alpha value is -3.18. The van der Waals surface area contributed by atoms with Crippen LogP contribution in [0.5, 0.6) is 0 Å². The second-order valence-electron chi connectivity index (χ2n) is 6.06. The van der Waals surface area contributed by atoms with Crippen molar-refractivity contribution >= 4 is 6.21 Å². The van der Waals surface area contributed by atoms with Gasteiger partial charge < -0.3 is 0 Å². The third kappa shape index (κ3) is 1.85. The lowest BCUT2D eigenvalue weighted by molar-refractivity contribution is 0.183. The molecule has 2 aliphatic rings. The van der Waals surface area contributed by atoms with Crippen LogP contribution in [0.3, 0.4) is 0 Å². The van der Waals surface area contributed by atoms with Crippen LogP contribution < -0.4 is 0 Å². The lowest BCUT2D eigenvalue weighted by atomic mass is 9.81. The Morgan fingerprint density at radius 2 is 1.79 bits per heavy atom. The molecule has 24 heavy (non-hydrogen) atoms. The van der Waals surface area contributed by atoms with Crippen molar-refractivity contribution in [3.8, 4) is 12.1 Å². The van der Waals surface area contributed by atoms with Crippen molar-refractivity contribution < 1.29 is 4.39 Å². The Morgan fingerprint density at radius 3 is 2.50 bits per heavy atom. The number of nitriles is 2. The van der Waals surface area contributed by atoms with Crippen molar-refractivity contribution in [3.63, 3.8) is 0 Å². The van der Waals surface area contributed by atoms with Crippen LogP contribution in [0.25, 0.3) is 0 Å². The largest absolute Gasteiger partial charge is 0.255 e. The van der Waals surface area contributed by atoms with Gasteiger partial charge in [-0.05, 0) is 35.2 Å². The van der Waals surface area contributed by atoms with E-state index in [0.29, 0.717) is 6.42 Å². The van der Waals surface area contributed by atoms with Crippen molar-refractivity contribution in [2.24, 2.45) is 5.10 Å². The molecule has 2 aromatic rings. The lowest BCUT2D eigenvalue weighted by Crippen LogP contribution is -2.43. The van der Waals surface area contributed by atoms with E-state index < -0.39 is 5.54 Å². The molecule has 0 bridgehead atoms. The Labute approximate surface area is 139 Å². The molecule has 2 aromatic carbocycles. The predicted molar refractivity (Wildman–Crippen MR) is 86.3 cm³/mol. The summed E-state index contributed by atoms with van der Waals surface area (Å²) in [6.45, 7) is 0. The average molecular weight is 316 g/mol. The first-order valence-electron chi connectivity index (χ1n) is 7.70. The summed E-state index contributed by atoms with van der Waals surface area (Å²) in [6.07, 6.45) is 2.28. The molecule has 1 saturated heterocycles. The summed E-state index contributed by atoms with van der Waals surface area (Å²) in [5.41, 5.74) is 1.45. The maximum atomic E-state index is 13.3. The van der Waals surface area contributed by atoms with Crippen LogP contribution in [-0.2, 0) is 0 Å². The number of hydrogen-bond donors (Lipinski definition) is 0. The van der Waals surface area contributed by atoms with Crippen molar-refractivity contribution in [2.45, 2.75) is 23.9 Å². The molecule has 0 aromatic heterocycles. The van der Waals surface area contributed by atoms with Gasteiger partial charge in [-0.3, -0.25) is 5.01 Å². The van der Waals surface area contributed by atoms with Crippen LogP contribution in [0.2, 0.25) is 0 Å². The number of rotatable bonds is 1. The molecule has 1 fully saturated rings. The van der Waals surface area contributed by atoms with Gasteiger partial charge in [-0.1, -0.05) is 36.4 Å². The molecule has 0 radical (unpaired) electrons. The summed E-state index contributed by atoms with van der Waals surface area (Å²) in [7, 11) is 0. The van der Waals surface area contributed by atoms with Crippen LogP contribution >= 0.6 is 0 Å². The summed E-state index contributed by atoms with van der Waals surface area (Å²) in [5.74, 6) is -0.696. The fraction of sp³-hybridized carbons (Fsp3) is 0.211. The maximum Gasteiger partial charge on any atom is 0.236 e. The first kappa shape index (κ1) is 14.4. The molecular formula is C19H13FN4. The van der Waals surface area contributed by atoms with Crippen LogP contribution in [0.4, 0.5) is 4.39 Å².